The van der Waals surface area contributed by atoms with Crippen molar-refractivity contribution in [2.24, 2.45) is 0 Å². The van der Waals surface area contributed by atoms with Crippen LogP contribution in [0.15, 0.2) is 71.8 Å². The Morgan fingerprint density at radius 2 is 1.79 bits per heavy atom. The number of imidazole rings is 1. The Labute approximate surface area is 192 Å². The van der Waals surface area contributed by atoms with Crippen LogP contribution in [0.4, 0.5) is 5.69 Å². The third kappa shape index (κ3) is 3.92. The van der Waals surface area contributed by atoms with Crippen LogP contribution in [0.5, 0.6) is 0 Å². The number of carbonyl (C=O) groups excluding carboxylic acids is 1. The molecule has 0 radical (unpaired) electrons. The van der Waals surface area contributed by atoms with Crippen LogP contribution in [-0.2, 0) is 23.0 Å². The lowest BCUT2D eigenvalue weighted by atomic mass is 10.0. The van der Waals surface area contributed by atoms with Crippen LogP contribution in [0.1, 0.15) is 32.9 Å². The second-order valence-corrected chi connectivity index (χ2v) is 10.3. The van der Waals surface area contributed by atoms with Crippen LogP contribution >= 0.6 is 0 Å². The van der Waals surface area contributed by atoms with Gasteiger partial charge in [0.2, 0.25) is 10.0 Å². The summed E-state index contributed by atoms with van der Waals surface area (Å²) < 4.78 is 29.5. The van der Waals surface area contributed by atoms with Gasteiger partial charge in [0, 0.05) is 25.0 Å². The van der Waals surface area contributed by atoms with E-state index in [0.29, 0.717) is 40.6 Å². The zero-order chi connectivity index (χ0) is 23.2. The number of amides is 1. The highest BCUT2D eigenvalue weighted by molar-refractivity contribution is 7.89. The number of hydrogen-bond acceptors (Lipinski definition) is 4. The fourth-order valence-corrected chi connectivity index (χ4v) is 5.67. The maximum Gasteiger partial charge on any atom is 0.274 e. The average molecular weight is 461 g/mol. The third-order valence-electron chi connectivity index (χ3n) is 6.02. The number of nitrogens with one attached hydrogen (secondary N) is 1. The van der Waals surface area contributed by atoms with Crippen molar-refractivity contribution in [3.63, 3.8) is 0 Å². The minimum atomic E-state index is -3.59. The van der Waals surface area contributed by atoms with E-state index in [9.17, 15) is 13.2 Å². The first kappa shape index (κ1) is 21.4. The van der Waals surface area contributed by atoms with Crippen LogP contribution in [0.25, 0.3) is 5.65 Å². The molecule has 0 atom stereocenters. The summed E-state index contributed by atoms with van der Waals surface area (Å²) in [5.41, 5.74) is 5.46. The van der Waals surface area contributed by atoms with E-state index >= 15 is 0 Å². The van der Waals surface area contributed by atoms with Crippen LogP contribution in [-0.4, -0.2) is 34.6 Å². The van der Waals surface area contributed by atoms with Gasteiger partial charge in [-0.1, -0.05) is 29.8 Å². The van der Waals surface area contributed by atoms with Crippen molar-refractivity contribution in [1.29, 1.82) is 0 Å². The molecule has 0 aliphatic carbocycles. The number of aromatic nitrogens is 2. The summed E-state index contributed by atoms with van der Waals surface area (Å²) in [6.45, 7) is 4.43. The Bertz CT molecular complexity index is 1470. The summed E-state index contributed by atoms with van der Waals surface area (Å²) in [6, 6.07) is 18.2. The standard InChI is InChI=1S/C25H24N4O3S/c1-17-6-10-22(11-7-17)33(31,32)28-14-12-19-8-9-21(15-20(19)16-28)27-25(30)24-18(2)26-23-5-3-4-13-29(23)24/h3-11,13,15H,12,14,16H2,1-2H3,(H,27,30). The van der Waals surface area contributed by atoms with Crippen molar-refractivity contribution in [3.05, 3.63) is 94.9 Å². The molecule has 2 aromatic carbocycles. The first-order valence-corrected chi connectivity index (χ1v) is 12.2. The molecule has 0 unspecified atom stereocenters. The Morgan fingerprint density at radius 3 is 2.58 bits per heavy atom. The van der Waals surface area contributed by atoms with Gasteiger partial charge in [-0.3, -0.25) is 9.20 Å². The highest BCUT2D eigenvalue weighted by atomic mass is 32.2. The molecule has 5 rings (SSSR count). The van der Waals surface area contributed by atoms with Gasteiger partial charge >= 0.3 is 0 Å². The topological polar surface area (TPSA) is 83.8 Å². The molecule has 0 saturated carbocycles. The number of sulfonamides is 1. The lowest BCUT2D eigenvalue weighted by Gasteiger charge is -2.28. The first-order valence-electron chi connectivity index (χ1n) is 10.8. The highest BCUT2D eigenvalue weighted by Crippen LogP contribution is 2.27. The predicted molar refractivity (Wildman–Crippen MR) is 127 cm³/mol. The molecular weight excluding hydrogens is 436 g/mol. The first-order chi connectivity index (χ1) is 15.8. The van der Waals surface area contributed by atoms with Crippen LogP contribution in [0, 0.1) is 13.8 Å². The number of carbonyl (C=O) groups is 1. The molecule has 0 saturated heterocycles. The number of rotatable bonds is 4. The minimum absolute atomic E-state index is 0.258. The number of anilines is 1. The molecular formula is C25H24N4O3S. The summed E-state index contributed by atoms with van der Waals surface area (Å²) in [5.74, 6) is -0.258. The van der Waals surface area contributed by atoms with E-state index in [0.717, 1.165) is 16.7 Å². The maximum atomic E-state index is 13.1. The monoisotopic (exact) mass is 460 g/mol. The molecule has 1 aliphatic rings. The van der Waals surface area contributed by atoms with Gasteiger partial charge in [-0.2, -0.15) is 4.31 Å². The number of benzene rings is 2. The summed E-state index contributed by atoms with van der Waals surface area (Å²) >= 11 is 0. The normalized spacial score (nSPS) is 14.2. The second kappa shape index (κ2) is 8.13. The molecule has 8 heteroatoms. The SMILES string of the molecule is Cc1ccc(S(=O)(=O)N2CCc3ccc(NC(=O)c4c(C)nc5ccccn45)cc3C2)cc1. The van der Waals surface area contributed by atoms with Gasteiger partial charge in [-0.05, 0) is 67.8 Å². The number of nitrogens with zero attached hydrogens (tertiary/aromatic N) is 3. The molecule has 2 aromatic heterocycles. The van der Waals surface area contributed by atoms with Crippen molar-refractivity contribution >= 4 is 27.3 Å². The molecule has 168 valence electrons. The molecule has 1 aliphatic heterocycles. The summed E-state index contributed by atoms with van der Waals surface area (Å²) in [5, 5.41) is 2.95. The van der Waals surface area contributed by atoms with Gasteiger partial charge in [0.25, 0.3) is 5.91 Å². The quantitative estimate of drug-likeness (QED) is 0.500. The molecule has 33 heavy (non-hydrogen) atoms. The van der Waals surface area contributed by atoms with Gasteiger partial charge < -0.3 is 5.32 Å². The number of hydrogen-bond donors (Lipinski definition) is 1. The minimum Gasteiger partial charge on any atom is -0.321 e. The van der Waals surface area contributed by atoms with Crippen molar-refractivity contribution < 1.29 is 13.2 Å². The summed E-state index contributed by atoms with van der Waals surface area (Å²) in [7, 11) is -3.59. The summed E-state index contributed by atoms with van der Waals surface area (Å²) in [6.07, 6.45) is 2.44. The van der Waals surface area contributed by atoms with E-state index in [1.165, 1.54) is 4.31 Å². The largest absolute Gasteiger partial charge is 0.321 e. The molecule has 3 heterocycles. The smallest absolute Gasteiger partial charge is 0.274 e. The van der Waals surface area contributed by atoms with Crippen LogP contribution in [0.3, 0.4) is 0 Å². The van der Waals surface area contributed by atoms with E-state index in [1.807, 2.05) is 56.4 Å². The van der Waals surface area contributed by atoms with Crippen molar-refractivity contribution in [2.75, 3.05) is 11.9 Å². The number of fused-ring (bicyclic) bond motifs is 2. The van der Waals surface area contributed by atoms with Crippen LogP contribution in [0.2, 0.25) is 0 Å². The van der Waals surface area contributed by atoms with E-state index in [4.69, 9.17) is 0 Å². The molecule has 7 nitrogen and oxygen atoms in total. The Kier molecular flexibility index (Phi) is 5.26. The zero-order valence-electron chi connectivity index (χ0n) is 18.4. The van der Waals surface area contributed by atoms with Crippen molar-refractivity contribution in [1.82, 2.24) is 13.7 Å². The lowest BCUT2D eigenvalue weighted by molar-refractivity contribution is 0.102. The van der Waals surface area contributed by atoms with Crippen LogP contribution < -0.4 is 5.32 Å². The predicted octanol–water partition coefficient (Wildman–Crippen LogP) is 3.95. The fourth-order valence-electron chi connectivity index (χ4n) is 4.25. The van der Waals surface area contributed by atoms with Gasteiger partial charge in [0.1, 0.15) is 11.3 Å². The van der Waals surface area contributed by atoms with Gasteiger partial charge in [-0.25, -0.2) is 13.4 Å². The van der Waals surface area contributed by atoms with E-state index in [2.05, 4.69) is 10.3 Å². The molecule has 4 aromatic rings. The zero-order valence-corrected chi connectivity index (χ0v) is 19.3. The molecule has 1 N–H and O–H groups in total. The second-order valence-electron chi connectivity index (χ2n) is 8.31. The lowest BCUT2D eigenvalue weighted by Crippen LogP contribution is -2.36. The Hall–Kier alpha value is -3.49. The van der Waals surface area contributed by atoms with Gasteiger partial charge in [-0.15, -0.1) is 0 Å². The molecule has 1 amide bonds. The maximum absolute atomic E-state index is 13.1. The van der Waals surface area contributed by atoms with Gasteiger partial charge in [0.05, 0.1) is 10.6 Å². The Balaban J connectivity index is 1.39. The third-order valence-corrected chi connectivity index (χ3v) is 7.88. The van der Waals surface area contributed by atoms with E-state index in [-0.39, 0.29) is 12.5 Å². The molecule has 0 fully saturated rings. The van der Waals surface area contributed by atoms with Crippen molar-refractivity contribution in [2.45, 2.75) is 31.7 Å². The molecule has 0 bridgehead atoms. The van der Waals surface area contributed by atoms with Crippen molar-refractivity contribution in [3.8, 4) is 0 Å². The highest BCUT2D eigenvalue weighted by Gasteiger charge is 2.28. The number of aryl methyl sites for hydroxylation is 2. The van der Waals surface area contributed by atoms with E-state index < -0.39 is 10.0 Å². The molecule has 0 spiro atoms. The Morgan fingerprint density at radius 1 is 1.00 bits per heavy atom. The summed E-state index contributed by atoms with van der Waals surface area (Å²) in [4.78, 5) is 17.8. The fraction of sp³-hybridized carbons (Fsp3) is 0.200. The van der Waals surface area contributed by atoms with Gasteiger partial charge in [0.15, 0.2) is 0 Å². The van der Waals surface area contributed by atoms with E-state index in [1.54, 1.807) is 28.7 Å². The average Bonchev–Trinajstić information content (AvgIpc) is 3.14. The number of pyridine rings is 1.